The van der Waals surface area contributed by atoms with Crippen LogP contribution < -0.4 is 10.6 Å². The highest BCUT2D eigenvalue weighted by Crippen LogP contribution is 2.30. The van der Waals surface area contributed by atoms with E-state index in [2.05, 4.69) is 15.6 Å². The molecule has 0 saturated carbocycles. The minimum absolute atomic E-state index is 0.125. The lowest BCUT2D eigenvalue weighted by Crippen LogP contribution is -2.47. The number of nitrogens with zero attached hydrogens (tertiary/aromatic N) is 4. The van der Waals surface area contributed by atoms with Gasteiger partial charge in [0.15, 0.2) is 0 Å². The zero-order chi connectivity index (χ0) is 24.2. The molecule has 1 aromatic carbocycles. The van der Waals surface area contributed by atoms with Crippen molar-refractivity contribution in [2.45, 2.75) is 11.1 Å². The molecule has 2 heterocycles. The van der Waals surface area contributed by atoms with Crippen molar-refractivity contribution in [2.75, 3.05) is 56.9 Å². The molecule has 1 aliphatic heterocycles. The van der Waals surface area contributed by atoms with Crippen LogP contribution in [0.25, 0.3) is 0 Å². The van der Waals surface area contributed by atoms with Gasteiger partial charge in [0.1, 0.15) is 11.5 Å². The highest BCUT2D eigenvalue weighted by atomic mass is 32.2. The second-order valence-electron chi connectivity index (χ2n) is 7.43. The van der Waals surface area contributed by atoms with Gasteiger partial charge in [-0.1, -0.05) is 0 Å². The van der Waals surface area contributed by atoms with Crippen molar-refractivity contribution in [1.29, 1.82) is 0 Å². The molecule has 1 aliphatic rings. The number of benzene rings is 1. The predicted octanol–water partition coefficient (Wildman–Crippen LogP) is 2.47. The number of aromatic nitrogens is 1. The maximum atomic E-state index is 12.9. The van der Waals surface area contributed by atoms with Crippen LogP contribution in [0.3, 0.4) is 0 Å². The summed E-state index contributed by atoms with van der Waals surface area (Å²) in [5.41, 5.74) is -1.13. The molecule has 0 aliphatic carbocycles. The van der Waals surface area contributed by atoms with Crippen LogP contribution in [0.4, 0.5) is 30.4 Å². The highest BCUT2D eigenvalue weighted by molar-refractivity contribution is 7.89. The Bertz CT molecular complexity index is 1090. The topological polar surface area (TPSA) is 121 Å². The Morgan fingerprint density at radius 3 is 2.33 bits per heavy atom. The standard InChI is InChI=1S/C19H23F3N6O4S/c1-26-8-10-27(11-9-26)33(31,32)15-3-4-16(17(12-15)28(29)30)23-6-7-24-18-5-2-14(13-25-18)19(20,21)22/h2-5,12-13,23H,6-11H2,1H3,(H,24,25). The van der Waals surface area contributed by atoms with E-state index in [0.717, 1.165) is 12.1 Å². The first-order valence-electron chi connectivity index (χ1n) is 9.96. The summed E-state index contributed by atoms with van der Waals surface area (Å²) >= 11 is 0. The summed E-state index contributed by atoms with van der Waals surface area (Å²) in [6.45, 7) is 2.13. The van der Waals surface area contributed by atoms with Gasteiger partial charge in [0.05, 0.1) is 15.4 Å². The lowest BCUT2D eigenvalue weighted by Gasteiger charge is -2.31. The van der Waals surface area contributed by atoms with Gasteiger partial charge in [-0.05, 0) is 31.3 Å². The van der Waals surface area contributed by atoms with Gasteiger partial charge in [-0.2, -0.15) is 17.5 Å². The number of nitro groups is 1. The van der Waals surface area contributed by atoms with Crippen molar-refractivity contribution in [1.82, 2.24) is 14.2 Å². The third-order valence-electron chi connectivity index (χ3n) is 5.10. The van der Waals surface area contributed by atoms with Gasteiger partial charge in [-0.15, -0.1) is 0 Å². The van der Waals surface area contributed by atoms with E-state index in [1.165, 1.54) is 22.5 Å². The van der Waals surface area contributed by atoms with Gasteiger partial charge < -0.3 is 15.5 Å². The third kappa shape index (κ3) is 6.09. The predicted molar refractivity (Wildman–Crippen MR) is 116 cm³/mol. The summed E-state index contributed by atoms with van der Waals surface area (Å²) in [6, 6.07) is 5.75. The molecule has 0 spiro atoms. The summed E-state index contributed by atoms with van der Waals surface area (Å²) in [5.74, 6) is 0.216. The fourth-order valence-corrected chi connectivity index (χ4v) is 4.65. The zero-order valence-electron chi connectivity index (χ0n) is 17.7. The molecule has 1 aromatic heterocycles. The smallest absolute Gasteiger partial charge is 0.378 e. The minimum Gasteiger partial charge on any atom is -0.378 e. The fourth-order valence-electron chi connectivity index (χ4n) is 3.20. The Morgan fingerprint density at radius 2 is 1.76 bits per heavy atom. The van der Waals surface area contributed by atoms with Gasteiger partial charge in [-0.3, -0.25) is 10.1 Å². The fraction of sp³-hybridized carbons (Fsp3) is 0.421. The second kappa shape index (κ2) is 9.89. The Labute approximate surface area is 188 Å². The minimum atomic E-state index is -4.48. The number of hydrogen-bond acceptors (Lipinski definition) is 8. The van der Waals surface area contributed by atoms with Crippen molar-refractivity contribution in [2.24, 2.45) is 0 Å². The van der Waals surface area contributed by atoms with Crippen LogP contribution in [-0.2, 0) is 16.2 Å². The molecule has 0 unspecified atom stereocenters. The van der Waals surface area contributed by atoms with Crippen molar-refractivity contribution < 1.29 is 26.5 Å². The molecular formula is C19H23F3N6O4S. The third-order valence-corrected chi connectivity index (χ3v) is 7.00. The highest BCUT2D eigenvalue weighted by Gasteiger charge is 2.31. The number of hydrogen-bond donors (Lipinski definition) is 2. The number of pyridine rings is 1. The van der Waals surface area contributed by atoms with E-state index in [1.807, 2.05) is 11.9 Å². The molecule has 0 amide bonds. The number of halogens is 3. The Hall–Kier alpha value is -2.97. The number of likely N-dealkylation sites (N-methyl/N-ethyl adjacent to an activating group) is 1. The Kier molecular flexibility index (Phi) is 7.39. The van der Waals surface area contributed by atoms with E-state index in [4.69, 9.17) is 0 Å². The van der Waals surface area contributed by atoms with E-state index in [0.29, 0.717) is 32.4 Å². The first-order valence-corrected chi connectivity index (χ1v) is 11.4. The van der Waals surface area contributed by atoms with Crippen molar-refractivity contribution in [3.63, 3.8) is 0 Å². The van der Waals surface area contributed by atoms with E-state index in [9.17, 15) is 31.7 Å². The van der Waals surface area contributed by atoms with Crippen LogP contribution >= 0.6 is 0 Å². The number of rotatable bonds is 8. The lowest BCUT2D eigenvalue weighted by molar-refractivity contribution is -0.384. The van der Waals surface area contributed by atoms with E-state index < -0.39 is 32.4 Å². The molecule has 10 nitrogen and oxygen atoms in total. The summed E-state index contributed by atoms with van der Waals surface area (Å²) < 4.78 is 64.7. The van der Waals surface area contributed by atoms with E-state index in [1.54, 1.807) is 0 Å². The lowest BCUT2D eigenvalue weighted by atomic mass is 10.2. The quantitative estimate of drug-likeness (QED) is 0.330. The molecule has 0 bridgehead atoms. The van der Waals surface area contributed by atoms with Crippen LogP contribution in [0.5, 0.6) is 0 Å². The maximum Gasteiger partial charge on any atom is 0.417 e. The van der Waals surface area contributed by atoms with Gasteiger partial charge in [0.2, 0.25) is 10.0 Å². The molecule has 180 valence electrons. The molecule has 1 saturated heterocycles. The van der Waals surface area contributed by atoms with Crippen molar-refractivity contribution >= 4 is 27.2 Å². The molecule has 33 heavy (non-hydrogen) atoms. The number of piperazine rings is 1. The Morgan fingerprint density at radius 1 is 1.09 bits per heavy atom. The van der Waals surface area contributed by atoms with Crippen LogP contribution in [0.2, 0.25) is 0 Å². The van der Waals surface area contributed by atoms with Gasteiger partial charge in [0, 0.05) is 51.5 Å². The molecule has 3 rings (SSSR count). The number of nitro benzene ring substituents is 1. The monoisotopic (exact) mass is 488 g/mol. The van der Waals surface area contributed by atoms with Gasteiger partial charge in [0.25, 0.3) is 5.69 Å². The van der Waals surface area contributed by atoms with Gasteiger partial charge in [-0.25, -0.2) is 13.4 Å². The number of anilines is 2. The van der Waals surface area contributed by atoms with E-state index >= 15 is 0 Å². The Balaban J connectivity index is 1.63. The average molecular weight is 488 g/mol. The number of alkyl halides is 3. The van der Waals surface area contributed by atoms with E-state index in [-0.39, 0.29) is 29.5 Å². The summed E-state index contributed by atoms with van der Waals surface area (Å²) in [5, 5.41) is 17.2. The molecule has 0 radical (unpaired) electrons. The number of sulfonamides is 1. The first-order chi connectivity index (χ1) is 15.5. The van der Waals surface area contributed by atoms with Crippen LogP contribution in [0.1, 0.15) is 5.56 Å². The van der Waals surface area contributed by atoms with Crippen molar-refractivity contribution in [3.8, 4) is 0 Å². The second-order valence-corrected chi connectivity index (χ2v) is 9.36. The average Bonchev–Trinajstić information content (AvgIpc) is 2.76. The maximum absolute atomic E-state index is 12.9. The molecular weight excluding hydrogens is 465 g/mol. The number of nitrogens with one attached hydrogen (secondary N) is 2. The molecule has 2 aromatic rings. The van der Waals surface area contributed by atoms with Gasteiger partial charge >= 0.3 is 6.18 Å². The normalized spacial score (nSPS) is 15.9. The van der Waals surface area contributed by atoms with Crippen LogP contribution in [0, 0.1) is 10.1 Å². The zero-order valence-corrected chi connectivity index (χ0v) is 18.5. The molecule has 2 N–H and O–H groups in total. The molecule has 0 atom stereocenters. The van der Waals surface area contributed by atoms with Crippen LogP contribution in [-0.4, -0.2) is 73.8 Å². The molecule has 1 fully saturated rings. The largest absolute Gasteiger partial charge is 0.417 e. The first kappa shape index (κ1) is 24.7. The van der Waals surface area contributed by atoms with Crippen molar-refractivity contribution in [3.05, 3.63) is 52.2 Å². The van der Waals surface area contributed by atoms with Crippen LogP contribution in [0.15, 0.2) is 41.4 Å². The summed E-state index contributed by atoms with van der Waals surface area (Å²) in [6.07, 6.45) is -3.77. The molecule has 14 heteroatoms. The summed E-state index contributed by atoms with van der Waals surface area (Å²) in [4.78, 5) is 16.4. The summed E-state index contributed by atoms with van der Waals surface area (Å²) in [7, 11) is -1.97. The SMILES string of the molecule is CN1CCN(S(=O)(=O)c2ccc(NCCNc3ccc(C(F)(F)F)cn3)c([N+](=O)[O-])c2)CC1.